The number of rotatable bonds is 7. The molecule has 1 atom stereocenters. The molecule has 0 aliphatic heterocycles. The van der Waals surface area contributed by atoms with Crippen molar-refractivity contribution in [2.45, 2.75) is 26.3 Å². The Morgan fingerprint density at radius 2 is 2.00 bits per heavy atom. The van der Waals surface area contributed by atoms with E-state index in [-0.39, 0.29) is 36.7 Å². The van der Waals surface area contributed by atoms with E-state index >= 15 is 0 Å². The van der Waals surface area contributed by atoms with Crippen molar-refractivity contribution in [2.24, 2.45) is 11.7 Å². The molecule has 0 saturated carbocycles. The number of halogens is 2. The van der Waals surface area contributed by atoms with Gasteiger partial charge in [-0.3, -0.25) is 9.59 Å². The van der Waals surface area contributed by atoms with Gasteiger partial charge in [0.15, 0.2) is 0 Å². The molecule has 120 valence electrons. The Morgan fingerprint density at radius 3 is 2.52 bits per heavy atom. The molecule has 0 aliphatic carbocycles. The lowest BCUT2D eigenvalue weighted by molar-refractivity contribution is -0.127. The zero-order valence-electron chi connectivity index (χ0n) is 12.0. The molecule has 1 aromatic rings. The Kier molecular flexibility index (Phi) is 9.61. The van der Waals surface area contributed by atoms with E-state index in [2.05, 4.69) is 10.6 Å². The molecule has 0 unspecified atom stereocenters. The SMILES string of the molecule is CC(C)[C@H](N)C(=O)NCC(=O)NCCc1ccc(Cl)s1.Cl. The molecule has 0 bridgehead atoms. The van der Waals surface area contributed by atoms with Crippen molar-refractivity contribution in [2.75, 3.05) is 13.1 Å². The number of nitrogens with two attached hydrogens (primary N) is 1. The third kappa shape index (κ3) is 7.66. The van der Waals surface area contributed by atoms with Gasteiger partial charge in [-0.15, -0.1) is 23.7 Å². The van der Waals surface area contributed by atoms with Crippen LogP contribution in [0.5, 0.6) is 0 Å². The van der Waals surface area contributed by atoms with Gasteiger partial charge in [0.05, 0.1) is 16.9 Å². The largest absolute Gasteiger partial charge is 0.354 e. The fraction of sp³-hybridized carbons (Fsp3) is 0.538. The summed E-state index contributed by atoms with van der Waals surface area (Å²) in [6, 6.07) is 3.18. The van der Waals surface area contributed by atoms with E-state index in [0.29, 0.717) is 6.54 Å². The Bertz CT molecular complexity index is 466. The van der Waals surface area contributed by atoms with Crippen molar-refractivity contribution >= 4 is 47.2 Å². The summed E-state index contributed by atoms with van der Waals surface area (Å²) in [7, 11) is 0. The molecule has 0 saturated heterocycles. The molecule has 0 spiro atoms. The van der Waals surface area contributed by atoms with E-state index in [1.807, 2.05) is 26.0 Å². The first-order valence-electron chi connectivity index (χ1n) is 6.44. The van der Waals surface area contributed by atoms with E-state index in [1.54, 1.807) is 0 Å². The predicted octanol–water partition coefficient (Wildman–Crippen LogP) is 1.58. The van der Waals surface area contributed by atoms with Crippen LogP contribution in [0.1, 0.15) is 18.7 Å². The van der Waals surface area contributed by atoms with Gasteiger partial charge in [0, 0.05) is 11.4 Å². The van der Waals surface area contributed by atoms with Crippen LogP contribution in [0.15, 0.2) is 12.1 Å². The second kappa shape index (κ2) is 10.00. The molecule has 0 radical (unpaired) electrons. The van der Waals surface area contributed by atoms with Crippen LogP contribution in [-0.2, 0) is 16.0 Å². The van der Waals surface area contributed by atoms with Gasteiger partial charge in [-0.25, -0.2) is 0 Å². The number of thiophene rings is 1. The second-order valence-corrected chi connectivity index (χ2v) is 6.59. The molecule has 0 fully saturated rings. The summed E-state index contributed by atoms with van der Waals surface area (Å²) in [6.45, 7) is 4.18. The van der Waals surface area contributed by atoms with Gasteiger partial charge < -0.3 is 16.4 Å². The minimum Gasteiger partial charge on any atom is -0.354 e. The zero-order valence-corrected chi connectivity index (χ0v) is 14.4. The molecule has 4 N–H and O–H groups in total. The van der Waals surface area contributed by atoms with Crippen LogP contribution in [0.4, 0.5) is 0 Å². The smallest absolute Gasteiger partial charge is 0.239 e. The molecule has 5 nitrogen and oxygen atoms in total. The van der Waals surface area contributed by atoms with Gasteiger partial charge in [-0.1, -0.05) is 25.4 Å². The van der Waals surface area contributed by atoms with Crippen LogP contribution in [0.2, 0.25) is 4.34 Å². The third-order valence-corrected chi connectivity index (χ3v) is 4.06. The summed E-state index contributed by atoms with van der Waals surface area (Å²) < 4.78 is 0.737. The lowest BCUT2D eigenvalue weighted by Gasteiger charge is -2.15. The highest BCUT2D eigenvalue weighted by Crippen LogP contribution is 2.21. The maximum Gasteiger partial charge on any atom is 0.239 e. The molecular formula is C13H21Cl2N3O2S. The molecule has 8 heteroatoms. The van der Waals surface area contributed by atoms with Crippen LogP contribution < -0.4 is 16.4 Å². The Balaban J connectivity index is 0.00000400. The Morgan fingerprint density at radius 1 is 1.33 bits per heavy atom. The lowest BCUT2D eigenvalue weighted by atomic mass is 10.1. The molecule has 1 rings (SSSR count). The van der Waals surface area contributed by atoms with E-state index in [1.165, 1.54) is 11.3 Å². The maximum atomic E-state index is 11.6. The van der Waals surface area contributed by atoms with Gasteiger partial charge in [-0.05, 0) is 24.5 Å². The zero-order chi connectivity index (χ0) is 15.1. The topological polar surface area (TPSA) is 84.2 Å². The molecule has 2 amide bonds. The second-order valence-electron chi connectivity index (χ2n) is 4.79. The third-order valence-electron chi connectivity index (χ3n) is 2.77. The number of hydrogen-bond acceptors (Lipinski definition) is 4. The highest BCUT2D eigenvalue weighted by Gasteiger charge is 2.17. The molecule has 0 aromatic carbocycles. The van der Waals surface area contributed by atoms with Crippen molar-refractivity contribution in [1.29, 1.82) is 0 Å². The molecule has 1 aromatic heterocycles. The van der Waals surface area contributed by atoms with Crippen molar-refractivity contribution in [3.05, 3.63) is 21.3 Å². The van der Waals surface area contributed by atoms with Crippen molar-refractivity contribution in [3.8, 4) is 0 Å². The van der Waals surface area contributed by atoms with Crippen molar-refractivity contribution < 1.29 is 9.59 Å². The van der Waals surface area contributed by atoms with Crippen LogP contribution in [0, 0.1) is 5.92 Å². The summed E-state index contributed by atoms with van der Waals surface area (Å²) in [5.41, 5.74) is 5.67. The molecule has 0 aliphatic rings. The molecular weight excluding hydrogens is 333 g/mol. The lowest BCUT2D eigenvalue weighted by Crippen LogP contribution is -2.47. The summed E-state index contributed by atoms with van der Waals surface area (Å²) in [5.74, 6) is -0.487. The molecule has 21 heavy (non-hydrogen) atoms. The predicted molar refractivity (Wildman–Crippen MR) is 89.1 cm³/mol. The standard InChI is InChI=1S/C13H20ClN3O2S.ClH/c1-8(2)12(15)13(19)17-7-11(18)16-6-5-9-3-4-10(14)20-9;/h3-4,8,12H,5-7,15H2,1-2H3,(H,16,18)(H,17,19);1H/t12-;/m0./s1. The first kappa shape index (κ1) is 20.2. The number of amides is 2. The average molecular weight is 354 g/mol. The number of carbonyl (C=O) groups is 2. The van der Waals surface area contributed by atoms with Gasteiger partial charge >= 0.3 is 0 Å². The summed E-state index contributed by atoms with van der Waals surface area (Å²) in [4.78, 5) is 24.2. The quantitative estimate of drug-likeness (QED) is 0.695. The fourth-order valence-corrected chi connectivity index (χ4v) is 2.55. The van der Waals surface area contributed by atoms with Crippen LogP contribution in [-0.4, -0.2) is 30.9 Å². The Labute approximate surface area is 140 Å². The summed E-state index contributed by atoms with van der Waals surface area (Å²) >= 11 is 7.31. The minimum absolute atomic E-state index is 0. The van der Waals surface area contributed by atoms with Crippen LogP contribution >= 0.6 is 35.3 Å². The fourth-order valence-electron chi connectivity index (χ4n) is 1.46. The molecule has 1 heterocycles. The van der Waals surface area contributed by atoms with Gasteiger partial charge in [0.1, 0.15) is 0 Å². The highest BCUT2D eigenvalue weighted by atomic mass is 35.5. The van der Waals surface area contributed by atoms with Crippen LogP contribution in [0.3, 0.4) is 0 Å². The van der Waals surface area contributed by atoms with Gasteiger partial charge in [0.25, 0.3) is 0 Å². The number of nitrogens with one attached hydrogen (secondary N) is 2. The van der Waals surface area contributed by atoms with Crippen molar-refractivity contribution in [3.63, 3.8) is 0 Å². The average Bonchev–Trinajstić information content (AvgIpc) is 2.80. The normalized spacial score (nSPS) is 11.7. The first-order valence-corrected chi connectivity index (χ1v) is 7.63. The maximum absolute atomic E-state index is 11.6. The van der Waals surface area contributed by atoms with E-state index in [4.69, 9.17) is 17.3 Å². The summed E-state index contributed by atoms with van der Waals surface area (Å²) in [6.07, 6.45) is 0.725. The number of hydrogen-bond donors (Lipinski definition) is 3. The summed E-state index contributed by atoms with van der Waals surface area (Å²) in [5, 5.41) is 5.25. The highest BCUT2D eigenvalue weighted by molar-refractivity contribution is 7.16. The Hall–Kier alpha value is -0.820. The van der Waals surface area contributed by atoms with Crippen LogP contribution in [0.25, 0.3) is 0 Å². The van der Waals surface area contributed by atoms with Crippen molar-refractivity contribution in [1.82, 2.24) is 10.6 Å². The minimum atomic E-state index is -0.587. The monoisotopic (exact) mass is 353 g/mol. The first-order chi connectivity index (χ1) is 9.40. The number of carbonyl (C=O) groups excluding carboxylic acids is 2. The van der Waals surface area contributed by atoms with E-state index < -0.39 is 6.04 Å². The van der Waals surface area contributed by atoms with E-state index in [0.717, 1.165) is 15.6 Å². The van der Waals surface area contributed by atoms with Gasteiger partial charge in [-0.2, -0.15) is 0 Å². The van der Waals surface area contributed by atoms with Gasteiger partial charge in [0.2, 0.25) is 11.8 Å². The van der Waals surface area contributed by atoms with E-state index in [9.17, 15) is 9.59 Å².